The predicted octanol–water partition coefficient (Wildman–Crippen LogP) is 1.28. The highest BCUT2D eigenvalue weighted by Crippen LogP contribution is 2.24. The van der Waals surface area contributed by atoms with Crippen LogP contribution in [-0.2, 0) is 0 Å². The highest BCUT2D eigenvalue weighted by Gasteiger charge is 2.20. The van der Waals surface area contributed by atoms with Gasteiger partial charge in [0.05, 0.1) is 6.61 Å². The van der Waals surface area contributed by atoms with Crippen molar-refractivity contribution in [2.24, 2.45) is 0 Å². The van der Waals surface area contributed by atoms with Crippen molar-refractivity contribution in [1.29, 1.82) is 0 Å². The molecule has 2 N–H and O–H groups in total. The van der Waals surface area contributed by atoms with Crippen molar-refractivity contribution in [2.75, 3.05) is 49.5 Å². The molecule has 1 aliphatic heterocycles. The van der Waals surface area contributed by atoms with Crippen LogP contribution in [0.5, 0.6) is 0 Å². The number of aliphatic hydroxyl groups excluding tert-OH is 1. The van der Waals surface area contributed by atoms with Gasteiger partial charge in [0, 0.05) is 50.8 Å². The predicted molar refractivity (Wildman–Crippen MR) is 101 cm³/mol. The number of fused-ring (bicyclic) bond motifs is 1. The summed E-state index contributed by atoms with van der Waals surface area (Å²) in [5.74, 6) is 1.31. The Morgan fingerprint density at radius 1 is 0.962 bits per heavy atom. The first-order valence-electron chi connectivity index (χ1n) is 8.72. The molecular weight excluding hydrogens is 330 g/mol. The third-order valence-corrected chi connectivity index (χ3v) is 4.43. The van der Waals surface area contributed by atoms with E-state index >= 15 is 0 Å². The molecule has 1 saturated heterocycles. The van der Waals surface area contributed by atoms with Crippen molar-refractivity contribution in [3.8, 4) is 0 Å². The Hall–Kier alpha value is -2.84. The summed E-state index contributed by atoms with van der Waals surface area (Å²) in [5.41, 5.74) is 2.17. The lowest BCUT2D eigenvalue weighted by molar-refractivity contribution is 0.188. The molecule has 0 amide bonds. The normalized spacial score (nSPS) is 15.3. The Bertz CT molecular complexity index is 866. The minimum absolute atomic E-state index is 0.188. The molecule has 0 bridgehead atoms. The maximum atomic E-state index is 9.09. The Morgan fingerprint density at radius 3 is 2.50 bits per heavy atom. The highest BCUT2D eigenvalue weighted by molar-refractivity contribution is 5.85. The van der Waals surface area contributed by atoms with Gasteiger partial charge < -0.3 is 15.3 Å². The van der Waals surface area contributed by atoms with Crippen molar-refractivity contribution in [3.05, 3.63) is 42.7 Å². The first-order chi connectivity index (χ1) is 12.8. The summed E-state index contributed by atoms with van der Waals surface area (Å²) < 4.78 is 0. The quantitative estimate of drug-likeness (QED) is 0.710. The minimum atomic E-state index is 0.188. The van der Waals surface area contributed by atoms with Gasteiger partial charge in [-0.15, -0.1) is 0 Å². The van der Waals surface area contributed by atoms with E-state index < -0.39 is 0 Å². The summed E-state index contributed by atoms with van der Waals surface area (Å²) in [6.45, 7) is 4.28. The van der Waals surface area contributed by atoms with Crippen LogP contribution in [0.2, 0.25) is 0 Å². The first kappa shape index (κ1) is 16.6. The molecule has 3 heterocycles. The van der Waals surface area contributed by atoms with Crippen molar-refractivity contribution < 1.29 is 5.11 Å². The Kier molecular flexibility index (Phi) is 4.85. The second kappa shape index (κ2) is 7.59. The van der Waals surface area contributed by atoms with Gasteiger partial charge in [0.15, 0.2) is 17.0 Å². The monoisotopic (exact) mass is 351 g/mol. The number of β-amino-alcohol motifs (C(OH)–C–C–N with tert-alkyl or cyclic N) is 1. The molecular formula is C18H21N7O. The van der Waals surface area contributed by atoms with Crippen LogP contribution in [0.3, 0.4) is 0 Å². The summed E-state index contributed by atoms with van der Waals surface area (Å²) in [5, 5.41) is 12.4. The molecule has 1 fully saturated rings. The molecule has 4 rings (SSSR count). The fourth-order valence-electron chi connectivity index (χ4n) is 3.05. The molecule has 1 aliphatic rings. The molecule has 0 aliphatic carbocycles. The molecule has 2 aromatic heterocycles. The van der Waals surface area contributed by atoms with Gasteiger partial charge in [0.25, 0.3) is 0 Å². The van der Waals surface area contributed by atoms with Crippen molar-refractivity contribution in [3.63, 3.8) is 0 Å². The van der Waals surface area contributed by atoms with E-state index in [4.69, 9.17) is 10.1 Å². The number of aromatic nitrogens is 4. The molecule has 0 spiro atoms. The van der Waals surface area contributed by atoms with Gasteiger partial charge in [0.1, 0.15) is 0 Å². The van der Waals surface area contributed by atoms with Crippen LogP contribution in [0, 0.1) is 0 Å². The number of piperazine rings is 1. The van der Waals surface area contributed by atoms with Crippen LogP contribution in [0.15, 0.2) is 42.7 Å². The van der Waals surface area contributed by atoms with E-state index in [1.807, 2.05) is 30.3 Å². The molecule has 0 atom stereocenters. The lowest BCUT2D eigenvalue weighted by atomic mass is 10.3. The second-order valence-electron chi connectivity index (χ2n) is 6.14. The van der Waals surface area contributed by atoms with Crippen molar-refractivity contribution in [2.45, 2.75) is 0 Å². The molecule has 0 unspecified atom stereocenters. The average molecular weight is 351 g/mol. The lowest BCUT2D eigenvalue weighted by Crippen LogP contribution is -2.47. The van der Waals surface area contributed by atoms with Gasteiger partial charge >= 0.3 is 0 Å². The zero-order valence-electron chi connectivity index (χ0n) is 14.4. The van der Waals surface area contributed by atoms with Gasteiger partial charge in [-0.3, -0.25) is 4.90 Å². The minimum Gasteiger partial charge on any atom is -0.395 e. The second-order valence-corrected chi connectivity index (χ2v) is 6.14. The first-order valence-corrected chi connectivity index (χ1v) is 8.72. The van der Waals surface area contributed by atoms with E-state index in [0.717, 1.165) is 31.9 Å². The van der Waals surface area contributed by atoms with Crippen molar-refractivity contribution in [1.82, 2.24) is 24.8 Å². The van der Waals surface area contributed by atoms with Crippen LogP contribution in [0.1, 0.15) is 0 Å². The smallest absolute Gasteiger partial charge is 0.229 e. The third-order valence-electron chi connectivity index (χ3n) is 4.43. The zero-order chi connectivity index (χ0) is 17.8. The number of hydrogen-bond acceptors (Lipinski definition) is 8. The van der Waals surface area contributed by atoms with Crippen LogP contribution in [0.25, 0.3) is 11.2 Å². The van der Waals surface area contributed by atoms with Gasteiger partial charge in [-0.2, -0.15) is 9.97 Å². The number of para-hydroxylation sites is 1. The molecule has 8 nitrogen and oxygen atoms in total. The lowest BCUT2D eigenvalue weighted by Gasteiger charge is -2.34. The number of anilines is 3. The van der Waals surface area contributed by atoms with Gasteiger partial charge in [-0.25, -0.2) is 9.97 Å². The number of nitrogens with zero attached hydrogens (tertiary/aromatic N) is 6. The zero-order valence-corrected chi connectivity index (χ0v) is 14.4. The highest BCUT2D eigenvalue weighted by atomic mass is 16.3. The van der Waals surface area contributed by atoms with Crippen LogP contribution in [0.4, 0.5) is 17.5 Å². The number of aliphatic hydroxyl groups is 1. The van der Waals surface area contributed by atoms with Crippen LogP contribution >= 0.6 is 0 Å². The molecule has 3 aromatic rings. The fourth-order valence-corrected chi connectivity index (χ4v) is 3.05. The maximum absolute atomic E-state index is 9.09. The maximum Gasteiger partial charge on any atom is 0.229 e. The summed E-state index contributed by atoms with van der Waals surface area (Å²) in [6, 6.07) is 9.88. The number of nitrogens with one attached hydrogen (secondary N) is 1. The summed E-state index contributed by atoms with van der Waals surface area (Å²) >= 11 is 0. The summed E-state index contributed by atoms with van der Waals surface area (Å²) in [7, 11) is 0. The number of rotatable bonds is 5. The topological polar surface area (TPSA) is 90.3 Å². The van der Waals surface area contributed by atoms with E-state index in [9.17, 15) is 0 Å². The molecule has 26 heavy (non-hydrogen) atoms. The molecule has 134 valence electrons. The van der Waals surface area contributed by atoms with E-state index in [-0.39, 0.29) is 6.61 Å². The number of hydrogen-bond donors (Lipinski definition) is 2. The Labute approximate surface area is 151 Å². The molecule has 1 aromatic carbocycles. The van der Waals surface area contributed by atoms with Crippen LogP contribution < -0.4 is 10.2 Å². The standard InChI is InChI=1S/C18H21N7O/c26-13-12-24-8-10-25(11-9-24)18-22-16-15(19-6-7-20-16)17(23-18)21-14-4-2-1-3-5-14/h1-7,26H,8-13H2,(H,20,21,22,23). The molecule has 0 radical (unpaired) electrons. The fraction of sp³-hybridized carbons (Fsp3) is 0.333. The van der Waals surface area contributed by atoms with E-state index in [2.05, 4.69) is 30.1 Å². The molecule has 8 heteroatoms. The summed E-state index contributed by atoms with van der Waals surface area (Å²) in [6.07, 6.45) is 3.29. The summed E-state index contributed by atoms with van der Waals surface area (Å²) in [4.78, 5) is 22.5. The van der Waals surface area contributed by atoms with E-state index in [0.29, 0.717) is 29.5 Å². The molecule has 0 saturated carbocycles. The van der Waals surface area contributed by atoms with Gasteiger partial charge in [-0.1, -0.05) is 18.2 Å². The average Bonchev–Trinajstić information content (AvgIpc) is 2.69. The third kappa shape index (κ3) is 3.56. The van der Waals surface area contributed by atoms with Gasteiger partial charge in [0.2, 0.25) is 5.95 Å². The SMILES string of the molecule is OCCN1CCN(c2nc(Nc3ccccc3)c3nccnc3n2)CC1. The van der Waals surface area contributed by atoms with E-state index in [1.54, 1.807) is 12.4 Å². The van der Waals surface area contributed by atoms with Gasteiger partial charge in [-0.05, 0) is 12.1 Å². The van der Waals surface area contributed by atoms with Crippen LogP contribution in [-0.4, -0.2) is 69.3 Å². The van der Waals surface area contributed by atoms with Crippen molar-refractivity contribution >= 4 is 28.6 Å². The largest absolute Gasteiger partial charge is 0.395 e. The number of benzene rings is 1. The Morgan fingerprint density at radius 2 is 1.73 bits per heavy atom. The Balaban J connectivity index is 1.64. The van der Waals surface area contributed by atoms with E-state index in [1.165, 1.54) is 0 Å².